The number of rotatable bonds is 1. The largest absolute Gasteiger partial charge is 0.368 e. The molecule has 0 saturated heterocycles. The molecule has 1 aromatic carbocycles. The van der Waals surface area contributed by atoms with E-state index in [0.29, 0.717) is 0 Å². The van der Waals surface area contributed by atoms with Crippen LogP contribution in [-0.2, 0) is 7.05 Å². The van der Waals surface area contributed by atoms with Gasteiger partial charge in [-0.2, -0.15) is 0 Å². The highest BCUT2D eigenvalue weighted by Crippen LogP contribution is 2.27. The molecule has 0 fully saturated rings. The summed E-state index contributed by atoms with van der Waals surface area (Å²) in [5.41, 5.74) is 8.99. The summed E-state index contributed by atoms with van der Waals surface area (Å²) in [6.07, 6.45) is 5.14. The summed E-state index contributed by atoms with van der Waals surface area (Å²) in [6, 6.07) is 9.23. The Morgan fingerprint density at radius 2 is 1.74 bits per heavy atom. The number of hydrogen-bond donors (Lipinski definition) is 1. The van der Waals surface area contributed by atoms with Gasteiger partial charge in [0.1, 0.15) is 0 Å². The molecule has 0 unspecified atom stereocenters. The van der Waals surface area contributed by atoms with Crippen LogP contribution in [-0.4, -0.2) is 19.5 Å². The highest BCUT2D eigenvalue weighted by Gasteiger charge is 2.08. The molecule has 0 amide bonds. The first-order valence-corrected chi connectivity index (χ1v) is 7.10. The van der Waals surface area contributed by atoms with Crippen LogP contribution in [0.5, 0.6) is 0 Å². The van der Waals surface area contributed by atoms with Crippen LogP contribution in [0.2, 0.25) is 0 Å². The summed E-state index contributed by atoms with van der Waals surface area (Å²) in [4.78, 5) is 24.5. The molecule has 23 heavy (non-hydrogen) atoms. The molecule has 0 aliphatic heterocycles. The Morgan fingerprint density at radius 3 is 2.52 bits per heavy atom. The van der Waals surface area contributed by atoms with Crippen LogP contribution >= 0.6 is 0 Å². The van der Waals surface area contributed by atoms with E-state index in [-0.39, 0.29) is 11.5 Å². The van der Waals surface area contributed by atoms with Crippen molar-refractivity contribution in [2.75, 3.05) is 5.73 Å². The van der Waals surface area contributed by atoms with Crippen molar-refractivity contribution < 1.29 is 0 Å². The second-order valence-corrected chi connectivity index (χ2v) is 5.35. The number of nitrogen functional groups attached to an aromatic ring is 1. The lowest BCUT2D eigenvalue weighted by Gasteiger charge is -2.09. The minimum Gasteiger partial charge on any atom is -0.368 e. The summed E-state index contributed by atoms with van der Waals surface area (Å²) < 4.78 is 1.64. The molecular weight excluding hydrogens is 290 g/mol. The Bertz CT molecular complexity index is 1100. The number of fused-ring (bicyclic) bond motifs is 3. The molecule has 6 heteroatoms. The average molecular weight is 303 g/mol. The third kappa shape index (κ3) is 2.12. The second kappa shape index (κ2) is 4.88. The fraction of sp³-hybridized carbons (Fsp3) is 0.0588. The maximum Gasteiger partial charge on any atom is 0.250 e. The standard InChI is InChI=1S/C17H13N5O/c1-22-15(23)5-3-11-7-19-14-4-2-10(6-13(14)16(11)22)12-8-20-17(18)21-9-12/h2-9H,1H3,(H2,18,20,21). The number of aromatic nitrogens is 4. The van der Waals surface area contributed by atoms with E-state index in [1.165, 1.54) is 0 Å². The van der Waals surface area contributed by atoms with Crippen molar-refractivity contribution in [2.24, 2.45) is 7.05 Å². The van der Waals surface area contributed by atoms with Crippen LogP contribution in [0.3, 0.4) is 0 Å². The number of nitrogens with two attached hydrogens (primary N) is 1. The summed E-state index contributed by atoms with van der Waals surface area (Å²) in [5.74, 6) is 0.240. The first-order valence-electron chi connectivity index (χ1n) is 7.10. The van der Waals surface area contributed by atoms with Gasteiger partial charge in [0.15, 0.2) is 0 Å². The zero-order chi connectivity index (χ0) is 16.0. The lowest BCUT2D eigenvalue weighted by atomic mass is 10.0. The molecule has 0 aliphatic carbocycles. The molecule has 3 heterocycles. The Kier molecular flexibility index (Phi) is 2.84. The first kappa shape index (κ1) is 13.4. The number of benzene rings is 1. The summed E-state index contributed by atoms with van der Waals surface area (Å²) in [5, 5.41) is 1.84. The second-order valence-electron chi connectivity index (χ2n) is 5.35. The Balaban J connectivity index is 2.07. The Hall–Kier alpha value is -3.28. The SMILES string of the molecule is Cn1c(=O)ccc2cnc3ccc(-c4cnc(N)nc4)cc3c21. The van der Waals surface area contributed by atoms with Gasteiger partial charge in [0, 0.05) is 48.0 Å². The first-order chi connectivity index (χ1) is 11.1. The zero-order valence-electron chi connectivity index (χ0n) is 12.4. The van der Waals surface area contributed by atoms with Crippen LogP contribution in [0.15, 0.2) is 53.7 Å². The van der Waals surface area contributed by atoms with Crippen LogP contribution in [0.25, 0.3) is 32.9 Å². The molecule has 0 saturated carbocycles. The summed E-state index contributed by atoms with van der Waals surface area (Å²) in [6.45, 7) is 0. The molecule has 0 atom stereocenters. The number of hydrogen-bond acceptors (Lipinski definition) is 5. The highest BCUT2D eigenvalue weighted by atomic mass is 16.1. The van der Waals surface area contributed by atoms with Crippen molar-refractivity contribution in [3.8, 4) is 11.1 Å². The van der Waals surface area contributed by atoms with E-state index in [0.717, 1.165) is 32.9 Å². The van der Waals surface area contributed by atoms with Crippen molar-refractivity contribution >= 4 is 27.8 Å². The molecule has 6 nitrogen and oxygen atoms in total. The molecule has 0 radical (unpaired) electrons. The van der Waals surface area contributed by atoms with Gasteiger partial charge < -0.3 is 10.3 Å². The van der Waals surface area contributed by atoms with E-state index in [9.17, 15) is 4.79 Å². The lowest BCUT2D eigenvalue weighted by Crippen LogP contribution is -2.15. The molecule has 4 aromatic rings. The third-order valence-electron chi connectivity index (χ3n) is 3.94. The van der Waals surface area contributed by atoms with Gasteiger partial charge in [0.05, 0.1) is 11.0 Å². The maximum absolute atomic E-state index is 12.0. The van der Waals surface area contributed by atoms with Gasteiger partial charge in [-0.1, -0.05) is 6.07 Å². The maximum atomic E-state index is 12.0. The van der Waals surface area contributed by atoms with Crippen molar-refractivity contribution in [2.45, 2.75) is 0 Å². The van der Waals surface area contributed by atoms with Crippen LogP contribution in [0.1, 0.15) is 0 Å². The molecule has 0 aliphatic rings. The van der Waals surface area contributed by atoms with Gasteiger partial charge in [-0.3, -0.25) is 9.78 Å². The topological polar surface area (TPSA) is 86.7 Å². The van der Waals surface area contributed by atoms with Gasteiger partial charge in [0.2, 0.25) is 5.95 Å². The van der Waals surface area contributed by atoms with Gasteiger partial charge in [-0.05, 0) is 23.8 Å². The molecule has 3 aromatic heterocycles. The van der Waals surface area contributed by atoms with Gasteiger partial charge >= 0.3 is 0 Å². The average Bonchev–Trinajstić information content (AvgIpc) is 2.58. The van der Waals surface area contributed by atoms with Gasteiger partial charge in [0.25, 0.3) is 5.56 Å². The quantitative estimate of drug-likeness (QED) is 0.544. The Morgan fingerprint density at radius 1 is 0.957 bits per heavy atom. The molecule has 112 valence electrons. The third-order valence-corrected chi connectivity index (χ3v) is 3.94. The smallest absolute Gasteiger partial charge is 0.250 e. The van der Waals surface area contributed by atoms with Crippen LogP contribution in [0.4, 0.5) is 5.95 Å². The highest BCUT2D eigenvalue weighted by molar-refractivity contribution is 6.04. The van der Waals surface area contributed by atoms with E-state index in [1.54, 1.807) is 42.3 Å². The van der Waals surface area contributed by atoms with Gasteiger partial charge in [-0.25, -0.2) is 9.97 Å². The number of pyridine rings is 2. The molecule has 0 spiro atoms. The van der Waals surface area contributed by atoms with Crippen molar-refractivity contribution in [3.63, 3.8) is 0 Å². The van der Waals surface area contributed by atoms with Gasteiger partial charge in [-0.15, -0.1) is 0 Å². The lowest BCUT2D eigenvalue weighted by molar-refractivity contribution is 0.909. The molecule has 2 N–H and O–H groups in total. The molecular formula is C17H13N5O. The number of aryl methyl sites for hydroxylation is 1. The normalized spacial score (nSPS) is 11.2. The minimum atomic E-state index is -0.0498. The van der Waals surface area contributed by atoms with Crippen molar-refractivity contribution in [3.05, 3.63) is 59.3 Å². The summed E-state index contributed by atoms with van der Waals surface area (Å²) in [7, 11) is 1.77. The predicted octanol–water partition coefficient (Wildman–Crippen LogP) is 2.13. The zero-order valence-corrected chi connectivity index (χ0v) is 12.4. The fourth-order valence-corrected chi connectivity index (χ4v) is 2.74. The minimum absolute atomic E-state index is 0.0498. The van der Waals surface area contributed by atoms with Crippen molar-refractivity contribution in [1.82, 2.24) is 19.5 Å². The van der Waals surface area contributed by atoms with E-state index in [1.807, 2.05) is 18.2 Å². The van der Waals surface area contributed by atoms with Crippen molar-refractivity contribution in [1.29, 1.82) is 0 Å². The van der Waals surface area contributed by atoms with E-state index >= 15 is 0 Å². The molecule has 0 bridgehead atoms. The van der Waals surface area contributed by atoms with Crippen LogP contribution < -0.4 is 11.3 Å². The number of anilines is 1. The number of nitrogens with zero attached hydrogens (tertiary/aromatic N) is 4. The predicted molar refractivity (Wildman–Crippen MR) is 89.9 cm³/mol. The Labute approximate surface area is 131 Å². The van der Waals surface area contributed by atoms with Crippen LogP contribution in [0, 0.1) is 0 Å². The van der Waals surface area contributed by atoms with E-state index in [2.05, 4.69) is 15.0 Å². The monoisotopic (exact) mass is 303 g/mol. The fourth-order valence-electron chi connectivity index (χ4n) is 2.74. The molecule has 4 rings (SSSR count). The van der Waals surface area contributed by atoms with E-state index < -0.39 is 0 Å². The summed E-state index contributed by atoms with van der Waals surface area (Å²) >= 11 is 0. The van der Waals surface area contributed by atoms with E-state index in [4.69, 9.17) is 5.73 Å².